The number of hydrogen-bond donors (Lipinski definition) is 1. The number of aromatic amines is 1. The summed E-state index contributed by atoms with van der Waals surface area (Å²) in [5.74, 6) is 0.839. The SMILES string of the molecule is CC.CCc1nc(C)nc2[nH]c(C)cc12. The Morgan fingerprint density at radius 2 is 1.87 bits per heavy atom. The van der Waals surface area contributed by atoms with Crippen LogP contribution in [0.1, 0.15) is 38.0 Å². The number of nitrogens with zero attached hydrogens (tertiary/aromatic N) is 2. The first-order chi connectivity index (χ1) is 7.20. The van der Waals surface area contributed by atoms with Crippen molar-refractivity contribution in [2.45, 2.75) is 41.0 Å². The highest BCUT2D eigenvalue weighted by molar-refractivity contribution is 5.79. The third-order valence-corrected chi connectivity index (χ3v) is 2.15. The molecule has 2 aromatic rings. The molecule has 3 nitrogen and oxygen atoms in total. The topological polar surface area (TPSA) is 41.6 Å². The molecule has 15 heavy (non-hydrogen) atoms. The summed E-state index contributed by atoms with van der Waals surface area (Å²) < 4.78 is 0. The van der Waals surface area contributed by atoms with Gasteiger partial charge in [-0.1, -0.05) is 20.8 Å². The van der Waals surface area contributed by atoms with Crippen LogP contribution in [0, 0.1) is 13.8 Å². The molecule has 0 aromatic carbocycles. The van der Waals surface area contributed by atoms with E-state index in [1.165, 1.54) is 0 Å². The summed E-state index contributed by atoms with van der Waals surface area (Å²) in [6.45, 7) is 10.1. The molecule has 2 aromatic heterocycles. The number of fused-ring (bicyclic) bond motifs is 1. The molecule has 1 N–H and O–H groups in total. The fraction of sp³-hybridized carbons (Fsp3) is 0.500. The van der Waals surface area contributed by atoms with E-state index in [1.54, 1.807) is 0 Å². The molecule has 0 aliphatic heterocycles. The largest absolute Gasteiger partial charge is 0.343 e. The average Bonchev–Trinajstić information content (AvgIpc) is 2.60. The van der Waals surface area contributed by atoms with Crippen molar-refractivity contribution in [3.05, 3.63) is 23.3 Å². The molecule has 0 unspecified atom stereocenters. The van der Waals surface area contributed by atoms with Crippen molar-refractivity contribution in [2.75, 3.05) is 0 Å². The number of nitrogens with one attached hydrogen (secondary N) is 1. The van der Waals surface area contributed by atoms with Gasteiger partial charge in [-0.2, -0.15) is 0 Å². The molecule has 0 saturated carbocycles. The molecule has 82 valence electrons. The summed E-state index contributed by atoms with van der Waals surface area (Å²) in [4.78, 5) is 12.0. The predicted molar refractivity (Wildman–Crippen MR) is 64.1 cm³/mol. The van der Waals surface area contributed by atoms with Crippen molar-refractivity contribution in [3.8, 4) is 0 Å². The Balaban J connectivity index is 0.000000531. The van der Waals surface area contributed by atoms with Crippen molar-refractivity contribution >= 4 is 11.0 Å². The van der Waals surface area contributed by atoms with E-state index in [0.717, 1.165) is 34.7 Å². The van der Waals surface area contributed by atoms with Gasteiger partial charge in [0.15, 0.2) is 0 Å². The molecule has 0 atom stereocenters. The molecule has 0 fully saturated rings. The standard InChI is InChI=1S/C10H13N3.C2H6/c1-4-9-8-5-6(2)11-10(8)13-7(3)12-9;1-2/h5H,4H2,1-3H3,(H,11,12,13);1-2H3. The Labute approximate surface area is 91.0 Å². The van der Waals surface area contributed by atoms with Crippen LogP contribution in [0.2, 0.25) is 0 Å². The monoisotopic (exact) mass is 205 g/mol. The van der Waals surface area contributed by atoms with E-state index in [4.69, 9.17) is 0 Å². The minimum atomic E-state index is 0.839. The second-order valence-electron chi connectivity index (χ2n) is 3.29. The van der Waals surface area contributed by atoms with Crippen LogP contribution >= 0.6 is 0 Å². The summed E-state index contributed by atoms with van der Waals surface area (Å²) in [7, 11) is 0. The molecule has 0 aliphatic carbocycles. The number of rotatable bonds is 1. The van der Waals surface area contributed by atoms with Crippen molar-refractivity contribution in [1.82, 2.24) is 15.0 Å². The maximum Gasteiger partial charge on any atom is 0.141 e. The molecule has 0 aliphatic rings. The molecule has 0 radical (unpaired) electrons. The van der Waals surface area contributed by atoms with Gasteiger partial charge in [-0.25, -0.2) is 9.97 Å². The van der Waals surface area contributed by atoms with Gasteiger partial charge in [0, 0.05) is 11.1 Å². The van der Waals surface area contributed by atoms with Crippen LogP contribution in [0.3, 0.4) is 0 Å². The highest BCUT2D eigenvalue weighted by Crippen LogP contribution is 2.16. The second-order valence-corrected chi connectivity index (χ2v) is 3.29. The van der Waals surface area contributed by atoms with Crippen LogP contribution < -0.4 is 0 Å². The van der Waals surface area contributed by atoms with E-state index in [2.05, 4.69) is 27.9 Å². The first-order valence-corrected chi connectivity index (χ1v) is 5.53. The minimum Gasteiger partial charge on any atom is -0.343 e. The lowest BCUT2D eigenvalue weighted by Crippen LogP contribution is -1.94. The fourth-order valence-electron chi connectivity index (χ4n) is 1.60. The van der Waals surface area contributed by atoms with Gasteiger partial charge in [0.1, 0.15) is 11.5 Å². The number of H-pyrrole nitrogens is 1. The lowest BCUT2D eigenvalue weighted by atomic mass is 10.2. The maximum absolute atomic E-state index is 4.40. The van der Waals surface area contributed by atoms with E-state index in [9.17, 15) is 0 Å². The summed E-state index contributed by atoms with van der Waals surface area (Å²) in [5, 5.41) is 1.16. The normalized spacial score (nSPS) is 9.93. The Morgan fingerprint density at radius 1 is 1.20 bits per heavy atom. The minimum absolute atomic E-state index is 0.839. The zero-order valence-electron chi connectivity index (χ0n) is 10.2. The van der Waals surface area contributed by atoms with Gasteiger partial charge in [0.25, 0.3) is 0 Å². The Kier molecular flexibility index (Phi) is 3.83. The van der Waals surface area contributed by atoms with Gasteiger partial charge in [0.2, 0.25) is 0 Å². The molecule has 0 spiro atoms. The molecule has 2 heterocycles. The van der Waals surface area contributed by atoms with Crippen LogP contribution in [0.5, 0.6) is 0 Å². The van der Waals surface area contributed by atoms with Crippen molar-refractivity contribution in [1.29, 1.82) is 0 Å². The molecule has 2 rings (SSSR count). The molecule has 0 amide bonds. The maximum atomic E-state index is 4.40. The number of hydrogen-bond acceptors (Lipinski definition) is 2. The van der Waals surface area contributed by atoms with Gasteiger partial charge in [-0.15, -0.1) is 0 Å². The third-order valence-electron chi connectivity index (χ3n) is 2.15. The summed E-state index contributed by atoms with van der Waals surface area (Å²) in [5.41, 5.74) is 3.23. The summed E-state index contributed by atoms with van der Waals surface area (Å²) in [6, 6.07) is 2.10. The second kappa shape index (κ2) is 4.91. The lowest BCUT2D eigenvalue weighted by Gasteiger charge is -1.99. The molecule has 0 bridgehead atoms. The summed E-state index contributed by atoms with van der Waals surface area (Å²) >= 11 is 0. The number of aryl methyl sites for hydroxylation is 3. The highest BCUT2D eigenvalue weighted by Gasteiger charge is 2.05. The number of aromatic nitrogens is 3. The molecule has 3 heteroatoms. The van der Waals surface area contributed by atoms with E-state index < -0.39 is 0 Å². The third kappa shape index (κ3) is 2.35. The predicted octanol–water partition coefficient (Wildman–Crippen LogP) is 3.16. The van der Waals surface area contributed by atoms with Gasteiger partial charge in [0.05, 0.1) is 5.69 Å². The van der Waals surface area contributed by atoms with Gasteiger partial charge >= 0.3 is 0 Å². The molecular weight excluding hydrogens is 186 g/mol. The Morgan fingerprint density at radius 3 is 2.47 bits per heavy atom. The Bertz CT molecular complexity index is 443. The van der Waals surface area contributed by atoms with Crippen LogP contribution in [-0.2, 0) is 6.42 Å². The first-order valence-electron chi connectivity index (χ1n) is 5.53. The Hall–Kier alpha value is -1.38. The van der Waals surface area contributed by atoms with Crippen LogP contribution in [0.15, 0.2) is 6.07 Å². The molecule has 0 saturated heterocycles. The highest BCUT2D eigenvalue weighted by atomic mass is 14.9. The average molecular weight is 205 g/mol. The van der Waals surface area contributed by atoms with Gasteiger partial charge < -0.3 is 4.98 Å². The quantitative estimate of drug-likeness (QED) is 0.777. The zero-order chi connectivity index (χ0) is 11.4. The fourth-order valence-corrected chi connectivity index (χ4v) is 1.60. The van der Waals surface area contributed by atoms with E-state index in [1.807, 2.05) is 27.7 Å². The zero-order valence-corrected chi connectivity index (χ0v) is 10.2. The van der Waals surface area contributed by atoms with Crippen molar-refractivity contribution < 1.29 is 0 Å². The van der Waals surface area contributed by atoms with Crippen molar-refractivity contribution in [3.63, 3.8) is 0 Å². The lowest BCUT2D eigenvalue weighted by molar-refractivity contribution is 0.978. The van der Waals surface area contributed by atoms with E-state index in [-0.39, 0.29) is 0 Å². The van der Waals surface area contributed by atoms with Crippen LogP contribution in [0.4, 0.5) is 0 Å². The summed E-state index contributed by atoms with van der Waals surface area (Å²) in [6.07, 6.45) is 0.956. The first kappa shape index (κ1) is 11.7. The van der Waals surface area contributed by atoms with E-state index >= 15 is 0 Å². The van der Waals surface area contributed by atoms with Gasteiger partial charge in [-0.3, -0.25) is 0 Å². The smallest absolute Gasteiger partial charge is 0.141 e. The van der Waals surface area contributed by atoms with Gasteiger partial charge in [-0.05, 0) is 26.3 Å². The van der Waals surface area contributed by atoms with Crippen LogP contribution in [0.25, 0.3) is 11.0 Å². The molecular formula is C12H19N3. The van der Waals surface area contributed by atoms with E-state index in [0.29, 0.717) is 0 Å². The van der Waals surface area contributed by atoms with Crippen molar-refractivity contribution in [2.24, 2.45) is 0 Å². The van der Waals surface area contributed by atoms with Crippen LogP contribution in [-0.4, -0.2) is 15.0 Å².